The zero-order valence-corrected chi connectivity index (χ0v) is 20.3. The van der Waals surface area contributed by atoms with Gasteiger partial charge in [-0.15, -0.1) is 0 Å². The molecule has 1 aromatic carbocycles. The summed E-state index contributed by atoms with van der Waals surface area (Å²) in [5.41, 5.74) is -0.263. The average molecular weight is 512 g/mol. The number of esters is 1. The molecule has 2 fully saturated rings. The first-order chi connectivity index (χ1) is 15.1. The number of benzene rings is 1. The maximum absolute atomic E-state index is 13.2. The Hall–Kier alpha value is -1.97. The summed E-state index contributed by atoms with van der Waals surface area (Å²) < 4.78 is 23.1. The third-order valence-corrected chi connectivity index (χ3v) is 5.66. The molecule has 32 heavy (non-hydrogen) atoms. The average Bonchev–Trinajstić information content (AvgIpc) is 3.23. The fourth-order valence-electron chi connectivity index (χ4n) is 3.63. The molecule has 0 radical (unpaired) electrons. The molecule has 0 N–H and O–H groups in total. The molecule has 2 aliphatic heterocycles. The van der Waals surface area contributed by atoms with Crippen LogP contribution >= 0.6 is 15.9 Å². The van der Waals surface area contributed by atoms with Crippen LogP contribution in [-0.2, 0) is 23.7 Å². The van der Waals surface area contributed by atoms with Gasteiger partial charge < -0.3 is 18.9 Å². The largest absolute Gasteiger partial charge is 0.452 e. The van der Waals surface area contributed by atoms with E-state index in [9.17, 15) is 14.4 Å². The van der Waals surface area contributed by atoms with Crippen LogP contribution in [0.25, 0.3) is 0 Å². The molecule has 0 bridgehead atoms. The summed E-state index contributed by atoms with van der Waals surface area (Å²) in [6.45, 7) is 6.75. The van der Waals surface area contributed by atoms with E-state index in [0.29, 0.717) is 38.2 Å². The standard InChI is InChI=1S/C23H30BrNO7/c1-23(2,3)32-22(28)25-11-4-6-17(25)21(27)31-18(14-19-29-12-5-13-30-19)20(26)15-7-9-16(24)10-8-15/h7-10,17-19H,4-6,11-14H2,1-3H3. The van der Waals surface area contributed by atoms with E-state index in [-0.39, 0.29) is 12.2 Å². The number of likely N-dealkylation sites (tertiary alicyclic amines) is 1. The lowest BCUT2D eigenvalue weighted by Gasteiger charge is -2.30. The summed E-state index contributed by atoms with van der Waals surface area (Å²) in [5, 5.41) is 0. The maximum atomic E-state index is 13.2. The Morgan fingerprint density at radius 1 is 1.12 bits per heavy atom. The first kappa shape index (κ1) is 24.7. The number of hydrogen-bond donors (Lipinski definition) is 0. The lowest BCUT2D eigenvalue weighted by atomic mass is 10.0. The van der Waals surface area contributed by atoms with Crippen LogP contribution in [0.1, 0.15) is 56.8 Å². The van der Waals surface area contributed by atoms with Crippen molar-refractivity contribution < 1.29 is 33.3 Å². The van der Waals surface area contributed by atoms with Gasteiger partial charge in [-0.3, -0.25) is 9.69 Å². The Morgan fingerprint density at radius 2 is 1.78 bits per heavy atom. The van der Waals surface area contributed by atoms with Gasteiger partial charge in [0.25, 0.3) is 0 Å². The van der Waals surface area contributed by atoms with Crippen molar-refractivity contribution in [1.29, 1.82) is 0 Å². The number of ketones is 1. The number of rotatable bonds is 6. The summed E-state index contributed by atoms with van der Waals surface area (Å²) in [6.07, 6.45) is -0.327. The van der Waals surface area contributed by atoms with Crippen molar-refractivity contribution in [3.63, 3.8) is 0 Å². The molecule has 9 heteroatoms. The minimum atomic E-state index is -1.09. The van der Waals surface area contributed by atoms with E-state index < -0.39 is 36.1 Å². The van der Waals surface area contributed by atoms with Gasteiger partial charge in [-0.05, 0) is 52.2 Å². The molecule has 0 aliphatic carbocycles. The second kappa shape index (κ2) is 10.8. The summed E-state index contributed by atoms with van der Waals surface area (Å²) >= 11 is 3.35. The van der Waals surface area contributed by atoms with E-state index in [1.165, 1.54) is 4.90 Å². The van der Waals surface area contributed by atoms with Crippen LogP contribution in [0.2, 0.25) is 0 Å². The predicted octanol–water partition coefficient (Wildman–Crippen LogP) is 4.10. The fourth-order valence-corrected chi connectivity index (χ4v) is 3.89. The molecule has 2 atom stereocenters. The highest BCUT2D eigenvalue weighted by Gasteiger charge is 2.40. The van der Waals surface area contributed by atoms with Crippen molar-refractivity contribution in [1.82, 2.24) is 4.90 Å². The first-order valence-corrected chi connectivity index (χ1v) is 11.7. The van der Waals surface area contributed by atoms with Gasteiger partial charge in [-0.2, -0.15) is 0 Å². The Bertz CT molecular complexity index is 815. The van der Waals surface area contributed by atoms with Crippen molar-refractivity contribution >= 4 is 33.8 Å². The van der Waals surface area contributed by atoms with Crippen LogP contribution in [0.5, 0.6) is 0 Å². The van der Waals surface area contributed by atoms with Crippen molar-refractivity contribution in [2.45, 2.75) is 70.5 Å². The zero-order chi connectivity index (χ0) is 23.3. The van der Waals surface area contributed by atoms with Crippen LogP contribution < -0.4 is 0 Å². The normalized spacial score (nSPS) is 20.6. The molecular weight excluding hydrogens is 482 g/mol. The number of halogens is 1. The van der Waals surface area contributed by atoms with E-state index in [4.69, 9.17) is 18.9 Å². The predicted molar refractivity (Wildman–Crippen MR) is 119 cm³/mol. The number of nitrogens with zero attached hydrogens (tertiary/aromatic N) is 1. The second-order valence-electron chi connectivity index (χ2n) is 8.89. The molecule has 2 unspecified atom stereocenters. The smallest absolute Gasteiger partial charge is 0.411 e. The van der Waals surface area contributed by atoms with Gasteiger partial charge in [-0.1, -0.05) is 28.1 Å². The van der Waals surface area contributed by atoms with E-state index in [1.54, 1.807) is 45.0 Å². The van der Waals surface area contributed by atoms with Crippen LogP contribution in [0.4, 0.5) is 4.79 Å². The molecule has 2 aliphatic rings. The van der Waals surface area contributed by atoms with Gasteiger partial charge in [-0.25, -0.2) is 9.59 Å². The third-order valence-electron chi connectivity index (χ3n) is 5.14. The summed E-state index contributed by atoms with van der Waals surface area (Å²) in [6, 6.07) is 6.04. The number of carbonyl (C=O) groups is 3. The van der Waals surface area contributed by atoms with Gasteiger partial charge in [0.2, 0.25) is 5.78 Å². The van der Waals surface area contributed by atoms with Crippen LogP contribution in [0, 0.1) is 0 Å². The number of carbonyl (C=O) groups excluding carboxylic acids is 3. The summed E-state index contributed by atoms with van der Waals surface area (Å²) in [4.78, 5) is 40.2. The maximum Gasteiger partial charge on any atom is 0.411 e. The Labute approximate surface area is 196 Å². The highest BCUT2D eigenvalue weighted by molar-refractivity contribution is 9.10. The second-order valence-corrected chi connectivity index (χ2v) is 9.80. The van der Waals surface area contributed by atoms with E-state index in [2.05, 4.69) is 15.9 Å². The minimum Gasteiger partial charge on any atom is -0.452 e. The quantitative estimate of drug-likeness (QED) is 0.419. The molecule has 1 aromatic rings. The molecule has 0 aromatic heterocycles. The van der Waals surface area contributed by atoms with Crippen molar-refractivity contribution in [3.05, 3.63) is 34.3 Å². The van der Waals surface area contributed by atoms with Crippen LogP contribution in [0.15, 0.2) is 28.7 Å². The molecule has 3 rings (SSSR count). The number of hydrogen-bond acceptors (Lipinski definition) is 7. The van der Waals surface area contributed by atoms with E-state index in [1.807, 2.05) is 0 Å². The molecule has 0 spiro atoms. The minimum absolute atomic E-state index is 0.0831. The first-order valence-electron chi connectivity index (χ1n) is 10.9. The lowest BCUT2D eigenvalue weighted by Crippen LogP contribution is -2.46. The fraction of sp³-hybridized carbons (Fsp3) is 0.609. The van der Waals surface area contributed by atoms with Gasteiger partial charge in [0.15, 0.2) is 12.4 Å². The highest BCUT2D eigenvalue weighted by Crippen LogP contribution is 2.24. The van der Waals surface area contributed by atoms with Crippen LogP contribution in [0.3, 0.4) is 0 Å². The van der Waals surface area contributed by atoms with Crippen LogP contribution in [-0.4, -0.2) is 66.5 Å². The molecule has 2 saturated heterocycles. The third kappa shape index (κ3) is 6.76. The van der Waals surface area contributed by atoms with E-state index in [0.717, 1.165) is 10.9 Å². The number of ether oxygens (including phenoxy) is 4. The molecule has 0 saturated carbocycles. The SMILES string of the molecule is CC(C)(C)OC(=O)N1CCCC1C(=O)OC(CC1OCCCO1)C(=O)c1ccc(Br)cc1. The molecule has 8 nitrogen and oxygen atoms in total. The number of Topliss-reactive ketones (excluding diaryl/α,β-unsaturated/α-hetero) is 1. The van der Waals surface area contributed by atoms with Gasteiger partial charge in [0.1, 0.15) is 11.6 Å². The molecule has 176 valence electrons. The van der Waals surface area contributed by atoms with Crippen molar-refractivity contribution in [2.75, 3.05) is 19.8 Å². The molecular formula is C23H30BrNO7. The summed E-state index contributed by atoms with van der Waals surface area (Å²) in [5.74, 6) is -0.968. The molecule has 1 amide bonds. The van der Waals surface area contributed by atoms with E-state index >= 15 is 0 Å². The van der Waals surface area contributed by atoms with Crippen molar-refractivity contribution in [3.8, 4) is 0 Å². The monoisotopic (exact) mass is 511 g/mol. The Balaban J connectivity index is 1.73. The van der Waals surface area contributed by atoms with Gasteiger partial charge in [0.05, 0.1) is 13.2 Å². The number of amides is 1. The Kier molecular flexibility index (Phi) is 8.30. The topological polar surface area (TPSA) is 91.4 Å². The highest BCUT2D eigenvalue weighted by atomic mass is 79.9. The molecule has 2 heterocycles. The Morgan fingerprint density at radius 3 is 2.41 bits per heavy atom. The van der Waals surface area contributed by atoms with Crippen molar-refractivity contribution in [2.24, 2.45) is 0 Å². The summed E-state index contributed by atoms with van der Waals surface area (Å²) in [7, 11) is 0. The lowest BCUT2D eigenvalue weighted by molar-refractivity contribution is -0.193. The van der Waals surface area contributed by atoms with Gasteiger partial charge >= 0.3 is 12.1 Å². The zero-order valence-electron chi connectivity index (χ0n) is 18.7. The van der Waals surface area contributed by atoms with Gasteiger partial charge in [0, 0.05) is 23.0 Å².